The van der Waals surface area contributed by atoms with Crippen molar-refractivity contribution in [3.63, 3.8) is 0 Å². The first-order valence-electron chi connectivity index (χ1n) is 7.62. The van der Waals surface area contributed by atoms with E-state index in [1.165, 1.54) is 24.2 Å². The lowest BCUT2D eigenvalue weighted by molar-refractivity contribution is 0.222. The Morgan fingerprint density at radius 1 is 1.37 bits per heavy atom. The van der Waals surface area contributed by atoms with Gasteiger partial charge in [0.25, 0.3) is 0 Å². The van der Waals surface area contributed by atoms with E-state index in [2.05, 4.69) is 52.9 Å². The van der Waals surface area contributed by atoms with Crippen LogP contribution in [-0.2, 0) is 6.42 Å². The van der Waals surface area contributed by atoms with Crippen molar-refractivity contribution >= 4 is 0 Å². The smallest absolute Gasteiger partial charge is 0.109 e. The Morgan fingerprint density at radius 3 is 2.68 bits per heavy atom. The highest BCUT2D eigenvalue weighted by Crippen LogP contribution is 2.42. The van der Waals surface area contributed by atoms with Crippen LogP contribution in [0, 0.1) is 18.3 Å². The Hall–Kier alpha value is -0.760. The lowest BCUT2D eigenvalue weighted by Crippen LogP contribution is -2.37. The van der Waals surface area contributed by atoms with Crippen molar-refractivity contribution in [2.75, 3.05) is 0 Å². The van der Waals surface area contributed by atoms with E-state index >= 15 is 0 Å². The standard InChI is InChI=1S/C17H29NO/c1-11(2)7-12(3)18-15-9-17(5,6)10-16-14(15)8-13(4)19-16/h8,11-12,15,18H,7,9-10H2,1-6H3. The van der Waals surface area contributed by atoms with Crippen LogP contribution in [-0.4, -0.2) is 6.04 Å². The van der Waals surface area contributed by atoms with Crippen LogP contribution < -0.4 is 5.32 Å². The maximum atomic E-state index is 5.89. The zero-order valence-electron chi connectivity index (χ0n) is 13.3. The Balaban J connectivity index is 2.15. The molecule has 0 aliphatic heterocycles. The highest BCUT2D eigenvalue weighted by molar-refractivity contribution is 5.29. The average Bonchev–Trinajstić information content (AvgIpc) is 2.55. The van der Waals surface area contributed by atoms with E-state index in [0.717, 1.165) is 18.1 Å². The zero-order valence-corrected chi connectivity index (χ0v) is 13.3. The summed E-state index contributed by atoms with van der Waals surface area (Å²) in [5.74, 6) is 2.98. The number of fused-ring (bicyclic) bond motifs is 1. The SMILES string of the molecule is Cc1cc2c(o1)CC(C)(C)CC2NC(C)CC(C)C. The molecule has 1 aliphatic rings. The summed E-state index contributed by atoms with van der Waals surface area (Å²) in [5, 5.41) is 3.82. The lowest BCUT2D eigenvalue weighted by atomic mass is 9.74. The molecule has 2 unspecified atom stereocenters. The van der Waals surface area contributed by atoms with Gasteiger partial charge in [0.1, 0.15) is 11.5 Å². The molecule has 1 heterocycles. The van der Waals surface area contributed by atoms with Gasteiger partial charge in [0.05, 0.1) is 0 Å². The highest BCUT2D eigenvalue weighted by Gasteiger charge is 2.35. The summed E-state index contributed by atoms with van der Waals surface area (Å²) in [5.41, 5.74) is 1.72. The average molecular weight is 263 g/mol. The van der Waals surface area contributed by atoms with Crippen molar-refractivity contribution in [1.29, 1.82) is 0 Å². The molecule has 2 atom stereocenters. The van der Waals surface area contributed by atoms with Crippen molar-refractivity contribution in [2.45, 2.75) is 72.9 Å². The summed E-state index contributed by atoms with van der Waals surface area (Å²) in [6.07, 6.45) is 3.48. The van der Waals surface area contributed by atoms with Crippen LogP contribution in [0.1, 0.15) is 70.6 Å². The van der Waals surface area contributed by atoms with Crippen LogP contribution in [0.3, 0.4) is 0 Å². The first kappa shape index (κ1) is 14.6. The highest BCUT2D eigenvalue weighted by atomic mass is 16.3. The Labute approximate surface area is 118 Å². The monoisotopic (exact) mass is 263 g/mol. The van der Waals surface area contributed by atoms with Crippen LogP contribution >= 0.6 is 0 Å². The summed E-state index contributed by atoms with van der Waals surface area (Å²) < 4.78 is 5.89. The van der Waals surface area contributed by atoms with Crippen LogP contribution in [0.4, 0.5) is 0 Å². The third-order valence-corrected chi connectivity index (χ3v) is 4.05. The minimum absolute atomic E-state index is 0.326. The van der Waals surface area contributed by atoms with E-state index in [9.17, 15) is 0 Å². The molecular formula is C17H29NO. The molecule has 19 heavy (non-hydrogen) atoms. The molecule has 0 spiro atoms. The fraction of sp³-hybridized carbons (Fsp3) is 0.765. The van der Waals surface area contributed by atoms with Crippen LogP contribution in [0.25, 0.3) is 0 Å². The van der Waals surface area contributed by atoms with E-state index in [1.807, 2.05) is 0 Å². The summed E-state index contributed by atoms with van der Waals surface area (Å²) in [6.45, 7) is 13.6. The van der Waals surface area contributed by atoms with Crippen LogP contribution in [0.2, 0.25) is 0 Å². The van der Waals surface area contributed by atoms with Gasteiger partial charge in [-0.15, -0.1) is 0 Å². The molecule has 0 fully saturated rings. The zero-order chi connectivity index (χ0) is 14.2. The maximum Gasteiger partial charge on any atom is 0.109 e. The third-order valence-electron chi connectivity index (χ3n) is 4.05. The molecule has 2 rings (SSSR count). The van der Waals surface area contributed by atoms with Gasteiger partial charge in [-0.1, -0.05) is 27.7 Å². The topological polar surface area (TPSA) is 25.2 Å². The van der Waals surface area contributed by atoms with Gasteiger partial charge in [0, 0.05) is 24.1 Å². The normalized spacial score (nSPS) is 23.4. The number of rotatable bonds is 4. The number of nitrogens with one attached hydrogen (secondary N) is 1. The molecule has 0 saturated carbocycles. The van der Waals surface area contributed by atoms with E-state index in [4.69, 9.17) is 4.42 Å². The molecule has 0 amide bonds. The summed E-state index contributed by atoms with van der Waals surface area (Å²) >= 11 is 0. The predicted molar refractivity (Wildman–Crippen MR) is 80.3 cm³/mol. The first-order chi connectivity index (χ1) is 8.77. The van der Waals surface area contributed by atoms with Crippen LogP contribution in [0.15, 0.2) is 10.5 Å². The minimum Gasteiger partial charge on any atom is -0.466 e. The second-order valence-corrected chi connectivity index (χ2v) is 7.53. The van der Waals surface area contributed by atoms with Gasteiger partial charge in [0.15, 0.2) is 0 Å². The largest absolute Gasteiger partial charge is 0.466 e. The van der Waals surface area contributed by atoms with Crippen LogP contribution in [0.5, 0.6) is 0 Å². The maximum absolute atomic E-state index is 5.89. The van der Waals surface area contributed by atoms with Crippen molar-refractivity contribution in [2.24, 2.45) is 11.3 Å². The molecule has 1 N–H and O–H groups in total. The molecule has 2 nitrogen and oxygen atoms in total. The van der Waals surface area contributed by atoms with Crippen molar-refractivity contribution < 1.29 is 4.42 Å². The van der Waals surface area contributed by atoms with Gasteiger partial charge in [0.2, 0.25) is 0 Å². The lowest BCUT2D eigenvalue weighted by Gasteiger charge is -2.36. The predicted octanol–water partition coefficient (Wildman–Crippen LogP) is 4.63. The van der Waals surface area contributed by atoms with Crippen molar-refractivity contribution in [3.8, 4) is 0 Å². The van der Waals surface area contributed by atoms with Gasteiger partial charge in [-0.2, -0.15) is 0 Å². The van der Waals surface area contributed by atoms with Gasteiger partial charge in [-0.05, 0) is 44.1 Å². The quantitative estimate of drug-likeness (QED) is 0.857. The van der Waals surface area contributed by atoms with E-state index in [-0.39, 0.29) is 0 Å². The van der Waals surface area contributed by atoms with Gasteiger partial charge >= 0.3 is 0 Å². The summed E-state index contributed by atoms with van der Waals surface area (Å²) in [4.78, 5) is 0. The fourth-order valence-electron chi connectivity index (χ4n) is 3.45. The Bertz CT molecular complexity index is 430. The number of hydrogen-bond acceptors (Lipinski definition) is 2. The molecule has 1 aromatic heterocycles. The Kier molecular flexibility index (Phi) is 4.10. The van der Waals surface area contributed by atoms with E-state index in [1.54, 1.807) is 0 Å². The molecule has 0 bridgehead atoms. The second kappa shape index (κ2) is 5.32. The molecule has 1 aliphatic carbocycles. The molecule has 2 heteroatoms. The first-order valence-corrected chi connectivity index (χ1v) is 7.62. The molecule has 0 saturated heterocycles. The number of aryl methyl sites for hydroxylation is 1. The second-order valence-electron chi connectivity index (χ2n) is 7.53. The molecule has 108 valence electrons. The van der Waals surface area contributed by atoms with Gasteiger partial charge < -0.3 is 9.73 Å². The summed E-state index contributed by atoms with van der Waals surface area (Å²) in [6, 6.07) is 3.23. The van der Waals surface area contributed by atoms with Gasteiger partial charge in [-0.3, -0.25) is 0 Å². The van der Waals surface area contributed by atoms with E-state index < -0.39 is 0 Å². The van der Waals surface area contributed by atoms with E-state index in [0.29, 0.717) is 17.5 Å². The van der Waals surface area contributed by atoms with Gasteiger partial charge in [-0.25, -0.2) is 0 Å². The summed E-state index contributed by atoms with van der Waals surface area (Å²) in [7, 11) is 0. The molecular weight excluding hydrogens is 234 g/mol. The molecule has 1 aromatic rings. The number of furan rings is 1. The molecule has 0 radical (unpaired) electrons. The fourth-order valence-corrected chi connectivity index (χ4v) is 3.45. The molecule has 0 aromatic carbocycles. The van der Waals surface area contributed by atoms with Crippen molar-refractivity contribution in [1.82, 2.24) is 5.32 Å². The van der Waals surface area contributed by atoms with Crippen molar-refractivity contribution in [3.05, 3.63) is 23.2 Å². The third kappa shape index (κ3) is 3.62. The minimum atomic E-state index is 0.326. The number of hydrogen-bond donors (Lipinski definition) is 1. The Morgan fingerprint density at radius 2 is 2.05 bits per heavy atom.